The van der Waals surface area contributed by atoms with Crippen LogP contribution in [0.15, 0.2) is 83.8 Å². The van der Waals surface area contributed by atoms with Gasteiger partial charge in [0.1, 0.15) is 0 Å². The highest BCUT2D eigenvalue weighted by Crippen LogP contribution is 2.23. The first kappa shape index (κ1) is 21.2. The number of rotatable bonds is 6. The monoisotopic (exact) mass is 430 g/mol. The number of carbonyl (C=O) groups is 2. The largest absolute Gasteiger partial charge is 0.339 e. The summed E-state index contributed by atoms with van der Waals surface area (Å²) >= 11 is 1.77. The first-order valence-electron chi connectivity index (χ1n) is 10.7. The fourth-order valence-corrected chi connectivity index (χ4v) is 4.55. The molecule has 5 heteroatoms. The second kappa shape index (κ2) is 10.3. The zero-order valence-electron chi connectivity index (χ0n) is 17.4. The van der Waals surface area contributed by atoms with Gasteiger partial charge in [-0.3, -0.25) is 9.59 Å². The molecule has 4 nitrogen and oxygen atoms in total. The molecule has 1 aliphatic heterocycles. The van der Waals surface area contributed by atoms with Crippen molar-refractivity contribution in [1.82, 2.24) is 4.90 Å². The van der Waals surface area contributed by atoms with E-state index < -0.39 is 0 Å². The maximum atomic E-state index is 12.9. The molecule has 3 aromatic carbocycles. The van der Waals surface area contributed by atoms with Crippen LogP contribution in [-0.4, -0.2) is 29.8 Å². The number of para-hydroxylation sites is 1. The summed E-state index contributed by atoms with van der Waals surface area (Å²) in [5.74, 6) is 0.629. The maximum Gasteiger partial charge on any atom is 0.255 e. The van der Waals surface area contributed by atoms with Crippen molar-refractivity contribution in [2.45, 2.75) is 29.9 Å². The van der Waals surface area contributed by atoms with Crippen LogP contribution in [0.1, 0.15) is 45.5 Å². The lowest BCUT2D eigenvalue weighted by Gasteiger charge is -2.27. The predicted octanol–water partition coefficient (Wildman–Crippen LogP) is 5.86. The first-order valence-corrected chi connectivity index (χ1v) is 11.7. The van der Waals surface area contributed by atoms with E-state index in [1.54, 1.807) is 23.9 Å². The maximum absolute atomic E-state index is 12.9. The molecule has 0 spiro atoms. The third-order valence-corrected chi connectivity index (χ3v) is 6.50. The van der Waals surface area contributed by atoms with Crippen molar-refractivity contribution >= 4 is 29.3 Å². The lowest BCUT2D eigenvalue weighted by molar-refractivity contribution is 0.0725. The Bertz CT molecular complexity index is 1030. The Balaban J connectivity index is 1.41. The average Bonchev–Trinajstić information content (AvgIpc) is 2.84. The van der Waals surface area contributed by atoms with Gasteiger partial charge in [-0.05, 0) is 61.2 Å². The third-order valence-electron chi connectivity index (χ3n) is 5.41. The molecule has 0 radical (unpaired) electrons. The molecule has 158 valence electrons. The summed E-state index contributed by atoms with van der Waals surface area (Å²) in [5, 5.41) is 2.93. The van der Waals surface area contributed by atoms with Crippen LogP contribution >= 0.6 is 11.8 Å². The third kappa shape index (κ3) is 5.56. The Morgan fingerprint density at radius 1 is 0.806 bits per heavy atom. The van der Waals surface area contributed by atoms with Gasteiger partial charge in [0.15, 0.2) is 0 Å². The zero-order chi connectivity index (χ0) is 21.5. The smallest absolute Gasteiger partial charge is 0.255 e. The second-order valence-electron chi connectivity index (χ2n) is 7.65. The van der Waals surface area contributed by atoms with Gasteiger partial charge in [-0.15, -0.1) is 11.8 Å². The summed E-state index contributed by atoms with van der Waals surface area (Å²) in [6.07, 6.45) is 3.24. The molecular formula is C26H26N2O2S. The molecule has 0 aliphatic carbocycles. The van der Waals surface area contributed by atoms with E-state index in [1.165, 1.54) is 11.3 Å². The Morgan fingerprint density at radius 2 is 1.48 bits per heavy atom. The van der Waals surface area contributed by atoms with Gasteiger partial charge in [-0.1, -0.05) is 42.5 Å². The molecule has 0 atom stereocenters. The number of benzene rings is 3. The highest BCUT2D eigenvalue weighted by molar-refractivity contribution is 7.98. The summed E-state index contributed by atoms with van der Waals surface area (Å²) < 4.78 is 0. The minimum atomic E-state index is -0.207. The Labute approximate surface area is 187 Å². The average molecular weight is 431 g/mol. The molecule has 0 aromatic heterocycles. The molecule has 0 saturated carbocycles. The molecule has 1 N–H and O–H groups in total. The number of piperidine rings is 1. The molecule has 4 rings (SSSR count). The number of anilines is 1. The van der Waals surface area contributed by atoms with E-state index in [2.05, 4.69) is 17.4 Å². The number of thioether (sulfide) groups is 1. The van der Waals surface area contributed by atoms with Crippen LogP contribution in [0.2, 0.25) is 0 Å². The van der Waals surface area contributed by atoms with Crippen molar-refractivity contribution in [2.24, 2.45) is 0 Å². The molecule has 1 heterocycles. The van der Waals surface area contributed by atoms with Crippen LogP contribution in [0.25, 0.3) is 0 Å². The summed E-state index contributed by atoms with van der Waals surface area (Å²) in [5.41, 5.74) is 2.85. The highest BCUT2D eigenvalue weighted by atomic mass is 32.2. The van der Waals surface area contributed by atoms with Crippen LogP contribution in [0.3, 0.4) is 0 Å². The summed E-state index contributed by atoms with van der Waals surface area (Å²) in [4.78, 5) is 28.9. The van der Waals surface area contributed by atoms with E-state index in [4.69, 9.17) is 0 Å². The van der Waals surface area contributed by atoms with Gasteiger partial charge < -0.3 is 10.2 Å². The molecule has 2 amide bonds. The molecule has 3 aromatic rings. The lowest BCUT2D eigenvalue weighted by atomic mass is 10.1. The lowest BCUT2D eigenvalue weighted by Crippen LogP contribution is -2.36. The summed E-state index contributed by atoms with van der Waals surface area (Å²) in [6.45, 7) is 1.56. The highest BCUT2D eigenvalue weighted by Gasteiger charge is 2.21. The van der Waals surface area contributed by atoms with Crippen LogP contribution in [0.5, 0.6) is 0 Å². The minimum absolute atomic E-state index is 0.0103. The van der Waals surface area contributed by atoms with Crippen LogP contribution in [0.4, 0.5) is 5.69 Å². The molecule has 1 saturated heterocycles. The van der Waals surface area contributed by atoms with Gasteiger partial charge in [0.25, 0.3) is 11.8 Å². The van der Waals surface area contributed by atoms with Gasteiger partial charge >= 0.3 is 0 Å². The van der Waals surface area contributed by atoms with Crippen molar-refractivity contribution < 1.29 is 9.59 Å². The van der Waals surface area contributed by atoms with Gasteiger partial charge in [0.2, 0.25) is 0 Å². The van der Waals surface area contributed by atoms with E-state index in [0.717, 1.165) is 37.2 Å². The Kier molecular flexibility index (Phi) is 7.05. The summed E-state index contributed by atoms with van der Waals surface area (Å²) in [7, 11) is 0. The normalized spacial score (nSPS) is 13.6. The predicted molar refractivity (Wildman–Crippen MR) is 127 cm³/mol. The molecule has 1 fully saturated rings. The number of nitrogens with zero attached hydrogens (tertiary/aromatic N) is 1. The number of likely N-dealkylation sites (tertiary alicyclic amines) is 1. The standard InChI is InChI=1S/C26H26N2O2S/c29-25(21-15-13-20(14-16-21)19-31-22-9-3-1-4-10-22)27-24-12-6-5-11-23(24)26(30)28-17-7-2-8-18-28/h1,3-6,9-16H,2,7-8,17-19H2,(H,27,29). The van der Waals surface area contributed by atoms with Crippen molar-refractivity contribution in [3.63, 3.8) is 0 Å². The fraction of sp³-hybridized carbons (Fsp3) is 0.231. The number of carbonyl (C=O) groups excluding carboxylic acids is 2. The fourth-order valence-electron chi connectivity index (χ4n) is 3.68. The van der Waals surface area contributed by atoms with Gasteiger partial charge in [-0.2, -0.15) is 0 Å². The van der Waals surface area contributed by atoms with Crippen LogP contribution in [0, 0.1) is 0 Å². The van der Waals surface area contributed by atoms with E-state index in [1.807, 2.05) is 59.5 Å². The zero-order valence-corrected chi connectivity index (χ0v) is 18.2. The van der Waals surface area contributed by atoms with Crippen molar-refractivity contribution in [3.8, 4) is 0 Å². The van der Waals surface area contributed by atoms with E-state index in [-0.39, 0.29) is 11.8 Å². The minimum Gasteiger partial charge on any atom is -0.339 e. The first-order chi connectivity index (χ1) is 15.2. The van der Waals surface area contributed by atoms with Gasteiger partial charge in [0, 0.05) is 29.3 Å². The molecule has 31 heavy (non-hydrogen) atoms. The Hall–Kier alpha value is -3.05. The van der Waals surface area contributed by atoms with Crippen LogP contribution < -0.4 is 5.32 Å². The number of hydrogen-bond acceptors (Lipinski definition) is 3. The summed E-state index contributed by atoms with van der Waals surface area (Å²) in [6, 6.07) is 25.2. The van der Waals surface area contributed by atoms with E-state index in [9.17, 15) is 9.59 Å². The van der Waals surface area contributed by atoms with Crippen molar-refractivity contribution in [3.05, 3.63) is 95.6 Å². The molecule has 1 aliphatic rings. The number of hydrogen-bond donors (Lipinski definition) is 1. The van der Waals surface area contributed by atoms with Gasteiger partial charge in [0.05, 0.1) is 11.3 Å². The number of nitrogens with one attached hydrogen (secondary N) is 1. The quantitative estimate of drug-likeness (QED) is 0.499. The SMILES string of the molecule is O=C(Nc1ccccc1C(=O)N1CCCCC1)c1ccc(CSc2ccccc2)cc1. The van der Waals surface area contributed by atoms with Gasteiger partial charge in [-0.25, -0.2) is 0 Å². The van der Waals surface area contributed by atoms with E-state index in [0.29, 0.717) is 16.8 Å². The molecule has 0 bridgehead atoms. The topological polar surface area (TPSA) is 49.4 Å². The second-order valence-corrected chi connectivity index (χ2v) is 8.70. The van der Waals surface area contributed by atoms with E-state index >= 15 is 0 Å². The van der Waals surface area contributed by atoms with Crippen LogP contribution in [-0.2, 0) is 5.75 Å². The number of amides is 2. The van der Waals surface area contributed by atoms with Crippen molar-refractivity contribution in [1.29, 1.82) is 0 Å². The molecular weight excluding hydrogens is 404 g/mol. The Morgan fingerprint density at radius 3 is 2.23 bits per heavy atom. The molecule has 0 unspecified atom stereocenters. The van der Waals surface area contributed by atoms with Crippen molar-refractivity contribution in [2.75, 3.05) is 18.4 Å².